The van der Waals surface area contributed by atoms with Crippen LogP contribution in [0.4, 0.5) is 5.82 Å². The lowest BCUT2D eigenvalue weighted by Crippen LogP contribution is -2.40. The second-order valence-corrected chi connectivity index (χ2v) is 5.57. The summed E-state index contributed by atoms with van der Waals surface area (Å²) in [7, 11) is 0. The molecule has 1 atom stereocenters. The Bertz CT molecular complexity index is 628. The SMILES string of the molecule is Cc1nonc1CN1CCCC(C(=O)Nc2ccccn2)C1. The number of rotatable bonds is 4. The molecule has 0 saturated carbocycles. The number of aryl methyl sites for hydroxylation is 1. The Labute approximate surface area is 128 Å². The third-order valence-corrected chi connectivity index (χ3v) is 3.91. The predicted molar refractivity (Wildman–Crippen MR) is 79.9 cm³/mol. The Morgan fingerprint density at radius 2 is 2.36 bits per heavy atom. The summed E-state index contributed by atoms with van der Waals surface area (Å²) < 4.78 is 4.73. The van der Waals surface area contributed by atoms with Crippen LogP contribution >= 0.6 is 0 Å². The van der Waals surface area contributed by atoms with E-state index in [4.69, 9.17) is 4.63 Å². The molecule has 2 aromatic heterocycles. The summed E-state index contributed by atoms with van der Waals surface area (Å²) in [4.78, 5) is 18.7. The molecule has 0 aromatic carbocycles. The van der Waals surface area contributed by atoms with Crippen LogP contribution in [-0.4, -0.2) is 39.2 Å². The van der Waals surface area contributed by atoms with E-state index in [9.17, 15) is 4.79 Å². The van der Waals surface area contributed by atoms with E-state index >= 15 is 0 Å². The van der Waals surface area contributed by atoms with Crippen LogP contribution in [0.25, 0.3) is 0 Å². The van der Waals surface area contributed by atoms with Crippen molar-refractivity contribution < 1.29 is 9.42 Å². The number of nitrogens with zero attached hydrogens (tertiary/aromatic N) is 4. The van der Waals surface area contributed by atoms with Crippen LogP contribution in [0.15, 0.2) is 29.0 Å². The third kappa shape index (κ3) is 3.48. The molecule has 1 saturated heterocycles. The fourth-order valence-corrected chi connectivity index (χ4v) is 2.68. The van der Waals surface area contributed by atoms with Crippen molar-refractivity contribution in [2.75, 3.05) is 18.4 Å². The van der Waals surface area contributed by atoms with Gasteiger partial charge in [0.05, 0.1) is 5.92 Å². The monoisotopic (exact) mass is 301 g/mol. The van der Waals surface area contributed by atoms with Gasteiger partial charge in [-0.15, -0.1) is 0 Å². The molecule has 7 nitrogen and oxygen atoms in total. The van der Waals surface area contributed by atoms with Crippen molar-refractivity contribution in [3.63, 3.8) is 0 Å². The summed E-state index contributed by atoms with van der Waals surface area (Å²) in [6.45, 7) is 4.22. The lowest BCUT2D eigenvalue weighted by molar-refractivity contribution is -0.121. The maximum atomic E-state index is 12.4. The topological polar surface area (TPSA) is 84.2 Å². The second kappa shape index (κ2) is 6.65. The van der Waals surface area contributed by atoms with E-state index in [2.05, 4.69) is 25.5 Å². The van der Waals surface area contributed by atoms with Gasteiger partial charge in [0, 0.05) is 19.3 Å². The molecule has 22 heavy (non-hydrogen) atoms. The van der Waals surface area contributed by atoms with Crippen molar-refractivity contribution in [2.24, 2.45) is 5.92 Å². The summed E-state index contributed by atoms with van der Waals surface area (Å²) in [5, 5.41) is 10.6. The molecule has 0 spiro atoms. The molecule has 3 rings (SSSR count). The zero-order valence-corrected chi connectivity index (χ0v) is 12.5. The molecule has 1 fully saturated rings. The number of pyridine rings is 1. The molecular formula is C15H19N5O2. The quantitative estimate of drug-likeness (QED) is 0.924. The molecule has 1 amide bonds. The Hall–Kier alpha value is -2.28. The van der Waals surface area contributed by atoms with E-state index < -0.39 is 0 Å². The van der Waals surface area contributed by atoms with Gasteiger partial charge in [-0.25, -0.2) is 9.61 Å². The van der Waals surface area contributed by atoms with Crippen LogP contribution in [0.3, 0.4) is 0 Å². The predicted octanol–water partition coefficient (Wildman–Crippen LogP) is 1.62. The van der Waals surface area contributed by atoms with Crippen molar-refractivity contribution in [2.45, 2.75) is 26.3 Å². The number of likely N-dealkylation sites (tertiary alicyclic amines) is 1. The van der Waals surface area contributed by atoms with Gasteiger partial charge in [0.15, 0.2) is 0 Å². The molecule has 1 unspecified atom stereocenters. The van der Waals surface area contributed by atoms with Crippen LogP contribution in [0.5, 0.6) is 0 Å². The largest absolute Gasteiger partial charge is 0.310 e. The molecule has 7 heteroatoms. The molecule has 3 heterocycles. The number of aromatic nitrogens is 3. The first kappa shape index (κ1) is 14.6. The number of carbonyl (C=O) groups is 1. The number of piperidine rings is 1. The van der Waals surface area contributed by atoms with E-state index in [0.717, 1.165) is 30.8 Å². The van der Waals surface area contributed by atoms with Crippen molar-refractivity contribution in [1.29, 1.82) is 0 Å². The normalized spacial score (nSPS) is 19.0. The van der Waals surface area contributed by atoms with Gasteiger partial charge in [0.2, 0.25) is 5.91 Å². The first-order valence-corrected chi connectivity index (χ1v) is 7.44. The highest BCUT2D eigenvalue weighted by atomic mass is 16.6. The minimum Gasteiger partial charge on any atom is -0.310 e. The van der Waals surface area contributed by atoms with E-state index in [1.54, 1.807) is 12.3 Å². The molecule has 0 bridgehead atoms. The van der Waals surface area contributed by atoms with Gasteiger partial charge in [-0.3, -0.25) is 9.69 Å². The minimum absolute atomic E-state index is 0.0263. The van der Waals surface area contributed by atoms with Crippen LogP contribution < -0.4 is 5.32 Å². The van der Waals surface area contributed by atoms with Crippen molar-refractivity contribution in [1.82, 2.24) is 20.2 Å². The Morgan fingerprint density at radius 1 is 1.45 bits per heavy atom. The maximum absolute atomic E-state index is 12.4. The summed E-state index contributed by atoms with van der Waals surface area (Å²) in [5.74, 6) is 0.593. The van der Waals surface area contributed by atoms with Crippen LogP contribution in [0, 0.1) is 12.8 Å². The van der Waals surface area contributed by atoms with Gasteiger partial charge >= 0.3 is 0 Å². The fraction of sp³-hybridized carbons (Fsp3) is 0.467. The first-order valence-electron chi connectivity index (χ1n) is 7.44. The average molecular weight is 301 g/mol. The average Bonchev–Trinajstić information content (AvgIpc) is 2.94. The van der Waals surface area contributed by atoms with Gasteiger partial charge in [-0.1, -0.05) is 16.4 Å². The zero-order chi connectivity index (χ0) is 15.4. The molecule has 0 radical (unpaired) electrons. The highest BCUT2D eigenvalue weighted by Gasteiger charge is 2.27. The minimum atomic E-state index is -0.0316. The highest BCUT2D eigenvalue weighted by Crippen LogP contribution is 2.20. The van der Waals surface area contributed by atoms with Crippen molar-refractivity contribution in [3.8, 4) is 0 Å². The maximum Gasteiger partial charge on any atom is 0.229 e. The Morgan fingerprint density at radius 3 is 3.09 bits per heavy atom. The van der Waals surface area contributed by atoms with Gasteiger partial charge in [0.1, 0.15) is 17.2 Å². The van der Waals surface area contributed by atoms with Crippen molar-refractivity contribution in [3.05, 3.63) is 35.8 Å². The highest BCUT2D eigenvalue weighted by molar-refractivity contribution is 5.91. The van der Waals surface area contributed by atoms with Gasteiger partial charge in [-0.2, -0.15) is 0 Å². The van der Waals surface area contributed by atoms with Crippen LogP contribution in [-0.2, 0) is 11.3 Å². The zero-order valence-electron chi connectivity index (χ0n) is 12.5. The number of nitrogens with one attached hydrogen (secondary N) is 1. The molecular weight excluding hydrogens is 282 g/mol. The number of anilines is 1. The third-order valence-electron chi connectivity index (χ3n) is 3.91. The smallest absolute Gasteiger partial charge is 0.229 e. The Balaban J connectivity index is 1.58. The number of amides is 1. The van der Waals surface area contributed by atoms with Gasteiger partial charge in [-0.05, 0) is 38.4 Å². The lowest BCUT2D eigenvalue weighted by Gasteiger charge is -2.31. The van der Waals surface area contributed by atoms with Gasteiger partial charge < -0.3 is 5.32 Å². The molecule has 116 valence electrons. The van der Waals surface area contributed by atoms with E-state index in [1.807, 2.05) is 19.1 Å². The molecule has 1 aliphatic rings. The van der Waals surface area contributed by atoms with E-state index in [1.165, 1.54) is 0 Å². The molecule has 0 aliphatic carbocycles. The number of hydrogen-bond donors (Lipinski definition) is 1. The van der Waals surface area contributed by atoms with E-state index in [0.29, 0.717) is 18.9 Å². The number of hydrogen-bond acceptors (Lipinski definition) is 6. The standard InChI is InChI=1S/C15H19N5O2/c1-11-13(19-22-18-11)10-20-8-4-5-12(9-20)15(21)17-14-6-2-3-7-16-14/h2-3,6-7,12H,4-5,8-10H2,1H3,(H,16,17,21). The summed E-state index contributed by atoms with van der Waals surface area (Å²) in [6.07, 6.45) is 3.55. The van der Waals surface area contributed by atoms with Crippen molar-refractivity contribution >= 4 is 11.7 Å². The van der Waals surface area contributed by atoms with Gasteiger partial charge in [0.25, 0.3) is 0 Å². The first-order chi connectivity index (χ1) is 10.7. The summed E-state index contributed by atoms with van der Waals surface area (Å²) in [6, 6.07) is 5.48. The second-order valence-electron chi connectivity index (χ2n) is 5.57. The summed E-state index contributed by atoms with van der Waals surface area (Å²) in [5.41, 5.74) is 1.64. The lowest BCUT2D eigenvalue weighted by atomic mass is 9.97. The number of carbonyl (C=O) groups excluding carboxylic acids is 1. The summed E-state index contributed by atoms with van der Waals surface area (Å²) >= 11 is 0. The molecule has 1 N–H and O–H groups in total. The van der Waals surface area contributed by atoms with Crippen LogP contribution in [0.1, 0.15) is 24.2 Å². The Kier molecular flexibility index (Phi) is 4.43. The fourth-order valence-electron chi connectivity index (χ4n) is 2.68. The van der Waals surface area contributed by atoms with E-state index in [-0.39, 0.29) is 11.8 Å². The molecule has 2 aromatic rings. The molecule has 1 aliphatic heterocycles. The van der Waals surface area contributed by atoms with Crippen LogP contribution in [0.2, 0.25) is 0 Å².